The van der Waals surface area contributed by atoms with Crippen LogP contribution in [0.5, 0.6) is 5.75 Å². The number of methoxy groups -OCH3 is 1. The molecule has 3 aromatic rings. The molecule has 1 aromatic carbocycles. The number of pyridine rings is 1. The first-order valence-electron chi connectivity index (χ1n) is 6.40. The number of fused-ring (bicyclic) bond motifs is 1. The molecule has 0 aliphatic heterocycles. The minimum Gasteiger partial charge on any atom is -0.497 e. The minimum atomic E-state index is -0.141. The van der Waals surface area contributed by atoms with Gasteiger partial charge in [0.05, 0.1) is 19.0 Å². The highest BCUT2D eigenvalue weighted by Crippen LogP contribution is 2.12. The summed E-state index contributed by atoms with van der Waals surface area (Å²) in [6.07, 6.45) is 1.63. The summed E-state index contributed by atoms with van der Waals surface area (Å²) in [6.45, 7) is 0.406. The van der Waals surface area contributed by atoms with Gasteiger partial charge in [-0.3, -0.25) is 9.36 Å². The van der Waals surface area contributed by atoms with E-state index in [-0.39, 0.29) is 5.56 Å². The average molecular weight is 299 g/mol. The average Bonchev–Trinajstić information content (AvgIpc) is 2.52. The van der Waals surface area contributed by atoms with E-state index >= 15 is 0 Å². The molecule has 0 aliphatic carbocycles. The lowest BCUT2D eigenvalue weighted by Crippen LogP contribution is -2.23. The molecule has 2 aromatic heterocycles. The van der Waals surface area contributed by atoms with Gasteiger partial charge in [-0.15, -0.1) is 0 Å². The van der Waals surface area contributed by atoms with Gasteiger partial charge in [-0.05, 0) is 42.0 Å². The van der Waals surface area contributed by atoms with E-state index in [1.807, 2.05) is 24.3 Å². The Kier molecular flexibility index (Phi) is 3.53. The SMILES string of the molecule is COc1ccc(Cn2c(=S)[nH]c3ncccc3c2=O)cc1. The number of ether oxygens (including phenoxy) is 1. The largest absolute Gasteiger partial charge is 0.497 e. The fourth-order valence-electron chi connectivity index (χ4n) is 2.14. The Hall–Kier alpha value is -2.47. The van der Waals surface area contributed by atoms with Crippen molar-refractivity contribution in [2.45, 2.75) is 6.54 Å². The molecule has 6 heteroatoms. The first-order valence-corrected chi connectivity index (χ1v) is 6.80. The predicted molar refractivity (Wildman–Crippen MR) is 83.3 cm³/mol. The number of benzene rings is 1. The molecule has 0 saturated carbocycles. The smallest absolute Gasteiger partial charge is 0.264 e. The van der Waals surface area contributed by atoms with Crippen molar-refractivity contribution in [3.63, 3.8) is 0 Å². The summed E-state index contributed by atoms with van der Waals surface area (Å²) >= 11 is 5.26. The molecule has 0 amide bonds. The molecule has 0 atom stereocenters. The minimum absolute atomic E-state index is 0.141. The van der Waals surface area contributed by atoms with Gasteiger partial charge in [-0.25, -0.2) is 4.98 Å². The molecule has 0 bridgehead atoms. The van der Waals surface area contributed by atoms with Gasteiger partial charge >= 0.3 is 0 Å². The number of rotatable bonds is 3. The van der Waals surface area contributed by atoms with Gasteiger partial charge in [-0.1, -0.05) is 12.1 Å². The second-order valence-electron chi connectivity index (χ2n) is 4.57. The Labute approximate surface area is 125 Å². The van der Waals surface area contributed by atoms with E-state index in [9.17, 15) is 4.79 Å². The molecule has 106 valence electrons. The van der Waals surface area contributed by atoms with E-state index in [0.29, 0.717) is 22.3 Å². The first kappa shape index (κ1) is 13.5. The lowest BCUT2D eigenvalue weighted by molar-refractivity contribution is 0.414. The Morgan fingerprint density at radius 3 is 2.76 bits per heavy atom. The molecule has 2 heterocycles. The van der Waals surface area contributed by atoms with E-state index in [1.54, 1.807) is 25.4 Å². The number of hydrogen-bond donors (Lipinski definition) is 1. The topological polar surface area (TPSA) is 59.9 Å². The zero-order valence-corrected chi connectivity index (χ0v) is 12.2. The van der Waals surface area contributed by atoms with Gasteiger partial charge in [0, 0.05) is 6.20 Å². The van der Waals surface area contributed by atoms with Crippen LogP contribution in [0, 0.1) is 4.77 Å². The Morgan fingerprint density at radius 2 is 2.05 bits per heavy atom. The monoisotopic (exact) mass is 299 g/mol. The summed E-state index contributed by atoms with van der Waals surface area (Å²) in [6, 6.07) is 11.0. The number of H-pyrrole nitrogens is 1. The predicted octanol–water partition coefficient (Wildman–Crippen LogP) is 2.51. The standard InChI is InChI=1S/C15H13N3O2S/c1-20-11-6-4-10(5-7-11)9-18-14(19)12-3-2-8-16-13(12)17-15(18)21/h2-8H,9H2,1H3,(H,16,17,21). The molecular weight excluding hydrogens is 286 g/mol. The highest BCUT2D eigenvalue weighted by Gasteiger charge is 2.06. The Bertz CT molecular complexity index is 897. The van der Waals surface area contributed by atoms with E-state index in [1.165, 1.54) is 4.57 Å². The summed E-state index contributed by atoms with van der Waals surface area (Å²) in [4.78, 5) is 19.6. The molecule has 0 aliphatic rings. The third-order valence-electron chi connectivity index (χ3n) is 3.25. The van der Waals surface area contributed by atoms with Crippen LogP contribution in [0.2, 0.25) is 0 Å². The van der Waals surface area contributed by atoms with Crippen molar-refractivity contribution in [3.8, 4) is 5.75 Å². The summed E-state index contributed by atoms with van der Waals surface area (Å²) in [5, 5.41) is 0.527. The van der Waals surface area contributed by atoms with Crippen LogP contribution in [0.3, 0.4) is 0 Å². The molecule has 0 unspecified atom stereocenters. The molecule has 1 N–H and O–H groups in total. The van der Waals surface area contributed by atoms with Gasteiger partial charge in [0.1, 0.15) is 11.4 Å². The fourth-order valence-corrected chi connectivity index (χ4v) is 2.39. The normalized spacial score (nSPS) is 10.7. The highest BCUT2D eigenvalue weighted by atomic mass is 32.1. The second kappa shape index (κ2) is 5.49. The number of hydrogen-bond acceptors (Lipinski definition) is 4. The van der Waals surface area contributed by atoms with Gasteiger partial charge in [0.25, 0.3) is 5.56 Å². The van der Waals surface area contributed by atoms with Crippen LogP contribution in [0.4, 0.5) is 0 Å². The first-order chi connectivity index (χ1) is 10.2. The molecule has 0 fully saturated rings. The van der Waals surface area contributed by atoms with Crippen molar-refractivity contribution in [1.29, 1.82) is 0 Å². The maximum absolute atomic E-state index is 12.5. The maximum atomic E-state index is 12.5. The van der Waals surface area contributed by atoms with Gasteiger partial charge in [0.2, 0.25) is 0 Å². The van der Waals surface area contributed by atoms with Crippen LogP contribution in [0.15, 0.2) is 47.4 Å². The zero-order valence-electron chi connectivity index (χ0n) is 11.4. The number of aromatic nitrogens is 3. The van der Waals surface area contributed by atoms with Crippen LogP contribution in [0.1, 0.15) is 5.56 Å². The van der Waals surface area contributed by atoms with Gasteiger partial charge < -0.3 is 9.72 Å². The van der Waals surface area contributed by atoms with Crippen molar-refractivity contribution in [1.82, 2.24) is 14.5 Å². The van der Waals surface area contributed by atoms with Crippen LogP contribution >= 0.6 is 12.2 Å². The van der Waals surface area contributed by atoms with Crippen molar-refractivity contribution in [2.75, 3.05) is 7.11 Å². The van der Waals surface area contributed by atoms with Gasteiger partial charge in [0.15, 0.2) is 4.77 Å². The molecule has 3 rings (SSSR count). The van der Waals surface area contributed by atoms with E-state index in [4.69, 9.17) is 17.0 Å². The molecule has 0 saturated heterocycles. The van der Waals surface area contributed by atoms with Crippen LogP contribution in [-0.2, 0) is 6.54 Å². The summed E-state index contributed by atoms with van der Waals surface area (Å²) < 4.78 is 7.01. The second-order valence-corrected chi connectivity index (χ2v) is 4.96. The van der Waals surface area contributed by atoms with E-state index in [0.717, 1.165) is 11.3 Å². The Balaban J connectivity index is 2.07. The number of nitrogens with one attached hydrogen (secondary N) is 1. The van der Waals surface area contributed by atoms with Crippen LogP contribution < -0.4 is 10.3 Å². The summed E-state index contributed by atoms with van der Waals surface area (Å²) in [7, 11) is 1.62. The van der Waals surface area contributed by atoms with Crippen molar-refractivity contribution in [3.05, 3.63) is 63.3 Å². The quantitative estimate of drug-likeness (QED) is 0.755. The van der Waals surface area contributed by atoms with E-state index in [2.05, 4.69) is 9.97 Å². The molecular formula is C15H13N3O2S. The summed E-state index contributed by atoms with van der Waals surface area (Å²) in [5.41, 5.74) is 1.34. The molecule has 0 spiro atoms. The zero-order chi connectivity index (χ0) is 14.8. The third kappa shape index (κ3) is 2.57. The third-order valence-corrected chi connectivity index (χ3v) is 3.58. The summed E-state index contributed by atoms with van der Waals surface area (Å²) in [5.74, 6) is 0.777. The van der Waals surface area contributed by atoms with Crippen LogP contribution in [-0.4, -0.2) is 21.6 Å². The fraction of sp³-hybridized carbons (Fsp3) is 0.133. The lowest BCUT2D eigenvalue weighted by Gasteiger charge is -2.08. The molecule has 5 nitrogen and oxygen atoms in total. The lowest BCUT2D eigenvalue weighted by atomic mass is 10.2. The van der Waals surface area contributed by atoms with Crippen LogP contribution in [0.25, 0.3) is 11.0 Å². The molecule has 21 heavy (non-hydrogen) atoms. The maximum Gasteiger partial charge on any atom is 0.264 e. The number of nitrogens with zero attached hydrogens (tertiary/aromatic N) is 2. The number of aromatic amines is 1. The molecule has 0 radical (unpaired) electrons. The highest BCUT2D eigenvalue weighted by molar-refractivity contribution is 7.71. The van der Waals surface area contributed by atoms with Crippen molar-refractivity contribution < 1.29 is 4.74 Å². The van der Waals surface area contributed by atoms with Crippen molar-refractivity contribution in [2.24, 2.45) is 0 Å². The van der Waals surface area contributed by atoms with Gasteiger partial charge in [-0.2, -0.15) is 0 Å². The Morgan fingerprint density at radius 1 is 1.29 bits per heavy atom. The van der Waals surface area contributed by atoms with Crippen molar-refractivity contribution >= 4 is 23.3 Å². The van der Waals surface area contributed by atoms with E-state index < -0.39 is 0 Å².